The van der Waals surface area contributed by atoms with Gasteiger partial charge in [-0.3, -0.25) is 9.59 Å². The Balaban J connectivity index is 1.20. The quantitative estimate of drug-likeness (QED) is 0.426. The Labute approximate surface area is 205 Å². The molecule has 5 rings (SSSR count). The molecule has 0 radical (unpaired) electrons. The summed E-state index contributed by atoms with van der Waals surface area (Å²) < 4.78 is 0. The van der Waals surface area contributed by atoms with Crippen LogP contribution in [-0.4, -0.2) is 45.8 Å². The van der Waals surface area contributed by atoms with Crippen LogP contribution < -0.4 is 5.32 Å². The average Bonchev–Trinajstić information content (AvgIpc) is 3.31. The van der Waals surface area contributed by atoms with Crippen LogP contribution in [0.4, 0.5) is 0 Å². The molecule has 1 aliphatic rings. The monoisotopic (exact) mass is 468 g/mol. The van der Waals surface area contributed by atoms with E-state index in [2.05, 4.69) is 16.4 Å². The highest BCUT2D eigenvalue weighted by Gasteiger charge is 2.32. The number of carbonyl (C=O) groups excluding carboxylic acids is 2. The van der Waals surface area contributed by atoms with Crippen LogP contribution in [0.2, 0.25) is 0 Å². The third-order valence-electron chi connectivity index (χ3n) is 7.03. The summed E-state index contributed by atoms with van der Waals surface area (Å²) in [6.45, 7) is 5.31. The van der Waals surface area contributed by atoms with Gasteiger partial charge in [0.1, 0.15) is 11.9 Å². The highest BCUT2D eigenvalue weighted by Crippen LogP contribution is 2.28. The second-order valence-corrected chi connectivity index (χ2v) is 9.89. The minimum Gasteiger partial charge on any atom is -0.344 e. The van der Waals surface area contributed by atoms with Crippen LogP contribution in [0.1, 0.15) is 44.0 Å². The van der Waals surface area contributed by atoms with E-state index in [1.54, 1.807) is 0 Å². The Morgan fingerprint density at radius 1 is 1.00 bits per heavy atom. The molecule has 0 aliphatic carbocycles. The summed E-state index contributed by atoms with van der Waals surface area (Å²) >= 11 is 0. The van der Waals surface area contributed by atoms with E-state index in [0.29, 0.717) is 19.0 Å². The number of nitrogens with one attached hydrogen (secondary N) is 2. The maximum absolute atomic E-state index is 13.4. The van der Waals surface area contributed by atoms with Crippen molar-refractivity contribution < 1.29 is 9.59 Å². The van der Waals surface area contributed by atoms with E-state index in [4.69, 9.17) is 4.98 Å². The lowest BCUT2D eigenvalue weighted by molar-refractivity contribution is -0.138. The molecule has 1 aromatic heterocycles. The van der Waals surface area contributed by atoms with Crippen molar-refractivity contribution in [3.05, 3.63) is 78.1 Å². The number of rotatable bonds is 6. The zero-order chi connectivity index (χ0) is 24.4. The van der Waals surface area contributed by atoms with Crippen LogP contribution in [-0.2, 0) is 16.0 Å². The summed E-state index contributed by atoms with van der Waals surface area (Å²) in [5.41, 5.74) is 2.98. The van der Waals surface area contributed by atoms with Crippen LogP contribution in [0.25, 0.3) is 21.8 Å². The first kappa shape index (κ1) is 23.1. The molecule has 2 amide bonds. The molecule has 1 atom stereocenters. The zero-order valence-corrected chi connectivity index (χ0v) is 20.3. The second-order valence-electron chi connectivity index (χ2n) is 9.89. The van der Waals surface area contributed by atoms with E-state index in [9.17, 15) is 9.59 Å². The summed E-state index contributed by atoms with van der Waals surface area (Å²) in [5.74, 6) is 1.21. The zero-order valence-electron chi connectivity index (χ0n) is 20.3. The number of hydrogen-bond donors (Lipinski definition) is 2. The fourth-order valence-corrected chi connectivity index (χ4v) is 5.01. The van der Waals surface area contributed by atoms with Gasteiger partial charge in [0.05, 0.1) is 17.5 Å². The third-order valence-corrected chi connectivity index (χ3v) is 7.03. The molecule has 1 saturated heterocycles. The first-order chi connectivity index (χ1) is 17.0. The van der Waals surface area contributed by atoms with Crippen molar-refractivity contribution >= 4 is 33.6 Å². The summed E-state index contributed by atoms with van der Waals surface area (Å²) in [7, 11) is 0. The smallest absolute Gasteiger partial charge is 0.245 e. The molecule has 1 fully saturated rings. The number of benzene rings is 3. The number of carbonyl (C=O) groups is 2. The van der Waals surface area contributed by atoms with E-state index in [0.717, 1.165) is 46.0 Å². The number of fused-ring (bicyclic) bond motifs is 2. The number of likely N-dealkylation sites (tertiary alicyclic amines) is 1. The number of aromatic nitrogens is 2. The van der Waals surface area contributed by atoms with Crippen LogP contribution in [0, 0.1) is 5.92 Å². The maximum Gasteiger partial charge on any atom is 0.245 e. The fraction of sp³-hybridized carbons (Fsp3) is 0.345. The molecule has 180 valence electrons. The molecule has 0 bridgehead atoms. The molecule has 0 spiro atoms. The van der Waals surface area contributed by atoms with Gasteiger partial charge in [-0.1, -0.05) is 68.4 Å². The minimum absolute atomic E-state index is 0.00918. The standard InChI is InChI=1S/C29H32N4O2/c1-19(2)27(32-26(34)18-20-11-12-21-7-3-4-8-23(21)17-20)29(35)33-15-13-22(14-16-33)28-30-24-9-5-6-10-25(24)31-28/h3-12,17,19,22,27H,13-16,18H2,1-2H3,(H,30,31)(H,32,34). The van der Waals surface area contributed by atoms with Crippen molar-refractivity contribution in [3.8, 4) is 0 Å². The second kappa shape index (κ2) is 9.90. The summed E-state index contributed by atoms with van der Waals surface area (Å²) in [6.07, 6.45) is 1.98. The highest BCUT2D eigenvalue weighted by molar-refractivity contribution is 5.90. The van der Waals surface area contributed by atoms with Crippen molar-refractivity contribution in [2.45, 2.75) is 45.1 Å². The lowest BCUT2D eigenvalue weighted by atomic mass is 9.94. The number of para-hydroxylation sites is 2. The summed E-state index contributed by atoms with van der Waals surface area (Å²) in [5, 5.41) is 5.29. The van der Waals surface area contributed by atoms with Crippen LogP contribution in [0.5, 0.6) is 0 Å². The number of piperidine rings is 1. The molecule has 1 aliphatic heterocycles. The van der Waals surface area contributed by atoms with Crippen molar-refractivity contribution in [1.82, 2.24) is 20.2 Å². The number of H-pyrrole nitrogens is 1. The van der Waals surface area contributed by atoms with Gasteiger partial charge < -0.3 is 15.2 Å². The van der Waals surface area contributed by atoms with Gasteiger partial charge in [0.15, 0.2) is 0 Å². The van der Waals surface area contributed by atoms with Crippen LogP contribution >= 0.6 is 0 Å². The van der Waals surface area contributed by atoms with Gasteiger partial charge >= 0.3 is 0 Å². The summed E-state index contributed by atoms with van der Waals surface area (Å²) in [6, 6.07) is 21.7. The van der Waals surface area contributed by atoms with E-state index in [-0.39, 0.29) is 24.2 Å². The Kier molecular flexibility index (Phi) is 6.53. The third kappa shape index (κ3) is 5.06. The van der Waals surface area contributed by atoms with E-state index in [1.807, 2.05) is 79.4 Å². The normalized spacial score (nSPS) is 15.6. The molecular weight excluding hydrogens is 436 g/mol. The summed E-state index contributed by atoms with van der Waals surface area (Å²) in [4.78, 5) is 36.3. The molecule has 2 heterocycles. The predicted molar refractivity (Wildman–Crippen MR) is 139 cm³/mol. The lowest BCUT2D eigenvalue weighted by Crippen LogP contribution is -2.53. The SMILES string of the molecule is CC(C)C(NC(=O)Cc1ccc2ccccc2c1)C(=O)N1CCC(c2nc3ccccc3[nH]2)CC1. The molecule has 3 aromatic carbocycles. The van der Waals surface area contributed by atoms with Crippen molar-refractivity contribution in [2.24, 2.45) is 5.92 Å². The number of amides is 2. The molecule has 6 heteroatoms. The van der Waals surface area contributed by atoms with Crippen LogP contribution in [0.15, 0.2) is 66.7 Å². The van der Waals surface area contributed by atoms with Gasteiger partial charge in [-0.15, -0.1) is 0 Å². The number of aromatic amines is 1. The number of imidazole rings is 1. The Hall–Kier alpha value is -3.67. The molecule has 35 heavy (non-hydrogen) atoms. The Morgan fingerprint density at radius 2 is 1.71 bits per heavy atom. The molecule has 0 saturated carbocycles. The number of nitrogens with zero attached hydrogens (tertiary/aromatic N) is 2. The van der Waals surface area contributed by atoms with Gasteiger partial charge in [-0.25, -0.2) is 4.98 Å². The van der Waals surface area contributed by atoms with Crippen molar-refractivity contribution in [1.29, 1.82) is 0 Å². The van der Waals surface area contributed by atoms with Gasteiger partial charge in [-0.2, -0.15) is 0 Å². The molecule has 1 unspecified atom stereocenters. The van der Waals surface area contributed by atoms with E-state index in [1.165, 1.54) is 0 Å². The van der Waals surface area contributed by atoms with Crippen molar-refractivity contribution in [2.75, 3.05) is 13.1 Å². The topological polar surface area (TPSA) is 78.1 Å². The molecule has 4 aromatic rings. The molecule has 2 N–H and O–H groups in total. The first-order valence-corrected chi connectivity index (χ1v) is 12.5. The van der Waals surface area contributed by atoms with Gasteiger partial charge in [0, 0.05) is 19.0 Å². The largest absolute Gasteiger partial charge is 0.344 e. The van der Waals surface area contributed by atoms with E-state index < -0.39 is 6.04 Å². The van der Waals surface area contributed by atoms with Gasteiger partial charge in [0.25, 0.3) is 0 Å². The molecule has 6 nitrogen and oxygen atoms in total. The Bertz CT molecular complexity index is 1320. The maximum atomic E-state index is 13.4. The minimum atomic E-state index is -0.522. The highest BCUT2D eigenvalue weighted by atomic mass is 16.2. The lowest BCUT2D eigenvalue weighted by Gasteiger charge is -2.35. The fourth-order valence-electron chi connectivity index (χ4n) is 5.01. The first-order valence-electron chi connectivity index (χ1n) is 12.5. The number of hydrogen-bond acceptors (Lipinski definition) is 3. The van der Waals surface area contributed by atoms with Gasteiger partial charge in [-0.05, 0) is 47.2 Å². The Morgan fingerprint density at radius 3 is 2.46 bits per heavy atom. The average molecular weight is 469 g/mol. The van der Waals surface area contributed by atoms with Gasteiger partial charge in [0.2, 0.25) is 11.8 Å². The molecular formula is C29H32N4O2. The van der Waals surface area contributed by atoms with E-state index >= 15 is 0 Å². The van der Waals surface area contributed by atoms with Crippen LogP contribution in [0.3, 0.4) is 0 Å². The predicted octanol–water partition coefficient (Wildman–Crippen LogP) is 4.81. The van der Waals surface area contributed by atoms with Crippen molar-refractivity contribution in [3.63, 3.8) is 0 Å².